The van der Waals surface area contributed by atoms with Gasteiger partial charge in [-0.1, -0.05) is 11.6 Å². The third-order valence-electron chi connectivity index (χ3n) is 2.26. The smallest absolute Gasteiger partial charge is 0.241 e. The van der Waals surface area contributed by atoms with E-state index in [-0.39, 0.29) is 5.91 Å². The van der Waals surface area contributed by atoms with E-state index < -0.39 is 12.1 Å². The molecule has 0 aromatic rings. The lowest BCUT2D eigenvalue weighted by atomic mass is 10.1. The van der Waals surface area contributed by atoms with Crippen molar-refractivity contribution in [2.45, 2.75) is 25.4 Å². The average Bonchev–Trinajstić information content (AvgIpc) is 2.62. The Balaban J connectivity index is 2.61. The molecular weight excluding hydrogens is 190 g/mol. The van der Waals surface area contributed by atoms with Crippen LogP contribution >= 0.6 is 0 Å². The van der Waals surface area contributed by atoms with Crippen LogP contribution in [-0.2, 0) is 4.79 Å². The first-order chi connectivity index (χ1) is 7.06. The molecule has 0 saturated carbocycles. The van der Waals surface area contributed by atoms with Crippen molar-refractivity contribution in [3.05, 3.63) is 24.3 Å². The number of carbonyl (C=O) groups is 1. The Morgan fingerprint density at radius 1 is 1.87 bits per heavy atom. The molecule has 0 saturated heterocycles. The van der Waals surface area contributed by atoms with Crippen LogP contribution in [0, 0.1) is 11.3 Å². The summed E-state index contributed by atoms with van der Waals surface area (Å²) in [6.07, 6.45) is 3.98. The van der Waals surface area contributed by atoms with E-state index in [1.165, 1.54) is 4.90 Å². The Morgan fingerprint density at radius 2 is 2.53 bits per heavy atom. The Bertz CT molecular complexity index is 340. The second-order valence-electron chi connectivity index (χ2n) is 3.76. The fraction of sp³-hybridized carbons (Fsp3) is 0.455. The van der Waals surface area contributed by atoms with Crippen molar-refractivity contribution in [1.82, 2.24) is 4.90 Å². The lowest BCUT2D eigenvalue weighted by Crippen LogP contribution is -2.46. The highest BCUT2D eigenvalue weighted by Gasteiger charge is 2.28. The first-order valence-electron chi connectivity index (χ1n) is 4.83. The molecule has 0 fully saturated rings. The predicted octanol–water partition coefficient (Wildman–Crippen LogP) is 0.570. The van der Waals surface area contributed by atoms with Crippen LogP contribution < -0.4 is 5.73 Å². The van der Waals surface area contributed by atoms with Crippen LogP contribution in [0.3, 0.4) is 0 Å². The molecule has 0 aromatic carbocycles. The van der Waals surface area contributed by atoms with Gasteiger partial charge in [-0.25, -0.2) is 0 Å². The Morgan fingerprint density at radius 3 is 3.07 bits per heavy atom. The molecule has 80 valence electrons. The Hall–Kier alpha value is -1.60. The molecule has 2 N–H and O–H groups in total. The monoisotopic (exact) mass is 205 g/mol. The van der Waals surface area contributed by atoms with E-state index >= 15 is 0 Å². The second-order valence-corrected chi connectivity index (χ2v) is 3.76. The van der Waals surface area contributed by atoms with Crippen LogP contribution in [0.1, 0.15) is 13.3 Å². The second kappa shape index (κ2) is 4.76. The molecule has 1 amide bonds. The van der Waals surface area contributed by atoms with Crippen molar-refractivity contribution in [3.63, 3.8) is 0 Å². The first kappa shape index (κ1) is 11.5. The number of nitrogens with zero attached hydrogens (tertiary/aromatic N) is 2. The highest BCUT2D eigenvalue weighted by molar-refractivity contribution is 5.83. The van der Waals surface area contributed by atoms with Crippen LogP contribution in [0.15, 0.2) is 24.3 Å². The zero-order valence-corrected chi connectivity index (χ0v) is 8.81. The summed E-state index contributed by atoms with van der Waals surface area (Å²) in [4.78, 5) is 13.3. The van der Waals surface area contributed by atoms with Crippen LogP contribution in [0.5, 0.6) is 0 Å². The molecular formula is C11H15N3O. The minimum Gasteiger partial charge on any atom is -0.320 e. The third-order valence-corrected chi connectivity index (χ3v) is 2.26. The van der Waals surface area contributed by atoms with E-state index in [1.54, 1.807) is 12.2 Å². The number of amides is 1. The normalized spacial score (nSPS) is 21.1. The summed E-state index contributed by atoms with van der Waals surface area (Å²) >= 11 is 0. The quantitative estimate of drug-likeness (QED) is 0.685. The van der Waals surface area contributed by atoms with Gasteiger partial charge in [0.1, 0.15) is 6.04 Å². The first-order valence-corrected chi connectivity index (χ1v) is 4.83. The van der Waals surface area contributed by atoms with Gasteiger partial charge < -0.3 is 10.6 Å². The number of hydrogen-bond acceptors (Lipinski definition) is 3. The van der Waals surface area contributed by atoms with Gasteiger partial charge in [0, 0.05) is 6.54 Å². The summed E-state index contributed by atoms with van der Waals surface area (Å²) in [5, 5.41) is 8.80. The molecule has 0 radical (unpaired) electrons. The van der Waals surface area contributed by atoms with Crippen molar-refractivity contribution in [2.75, 3.05) is 6.54 Å². The molecule has 2 atom stereocenters. The summed E-state index contributed by atoms with van der Waals surface area (Å²) in [6.45, 7) is 6.02. The minimum atomic E-state index is -0.585. The molecule has 1 aliphatic rings. The Labute approximate surface area is 89.7 Å². The molecule has 15 heavy (non-hydrogen) atoms. The number of carbonyl (C=O) groups excluding carboxylic acids is 1. The standard InChI is InChI=1S/C11H15N3O/c1-8(2)6-10(13)11(15)14-5-3-4-9(14)7-12/h3-4,9-10H,1,5-6,13H2,2H3. The van der Waals surface area contributed by atoms with Gasteiger partial charge in [-0.3, -0.25) is 4.79 Å². The molecule has 0 aliphatic carbocycles. The third kappa shape index (κ3) is 2.67. The van der Waals surface area contributed by atoms with E-state index in [2.05, 4.69) is 6.58 Å². The van der Waals surface area contributed by atoms with E-state index in [9.17, 15) is 4.79 Å². The molecule has 0 aromatic heterocycles. The Kier molecular flexibility index (Phi) is 3.64. The summed E-state index contributed by atoms with van der Waals surface area (Å²) in [5.74, 6) is -0.186. The molecule has 2 unspecified atom stereocenters. The van der Waals surface area contributed by atoms with Gasteiger partial charge in [-0.05, 0) is 19.4 Å². The fourth-order valence-corrected chi connectivity index (χ4v) is 1.54. The summed E-state index contributed by atoms with van der Waals surface area (Å²) in [7, 11) is 0. The van der Waals surface area contributed by atoms with Gasteiger partial charge in [0.2, 0.25) is 5.91 Å². The van der Waals surface area contributed by atoms with Gasteiger partial charge >= 0.3 is 0 Å². The molecule has 0 bridgehead atoms. The highest BCUT2D eigenvalue weighted by Crippen LogP contribution is 2.12. The van der Waals surface area contributed by atoms with E-state index in [1.807, 2.05) is 13.0 Å². The van der Waals surface area contributed by atoms with Gasteiger partial charge in [0.25, 0.3) is 0 Å². The van der Waals surface area contributed by atoms with Crippen LogP contribution in [0.4, 0.5) is 0 Å². The largest absolute Gasteiger partial charge is 0.320 e. The van der Waals surface area contributed by atoms with E-state index in [4.69, 9.17) is 11.0 Å². The van der Waals surface area contributed by atoms with Crippen molar-refractivity contribution >= 4 is 5.91 Å². The van der Waals surface area contributed by atoms with Crippen molar-refractivity contribution < 1.29 is 4.79 Å². The van der Waals surface area contributed by atoms with Crippen molar-refractivity contribution in [3.8, 4) is 6.07 Å². The molecule has 4 nitrogen and oxygen atoms in total. The number of nitrogens with two attached hydrogens (primary N) is 1. The topological polar surface area (TPSA) is 70.1 Å². The zero-order chi connectivity index (χ0) is 11.4. The van der Waals surface area contributed by atoms with E-state index in [0.29, 0.717) is 13.0 Å². The SMILES string of the molecule is C=C(C)CC(N)C(=O)N1CC=CC1C#N. The van der Waals surface area contributed by atoms with Gasteiger partial charge in [0.05, 0.1) is 12.1 Å². The fourth-order valence-electron chi connectivity index (χ4n) is 1.54. The molecule has 0 spiro atoms. The maximum Gasteiger partial charge on any atom is 0.241 e. The number of hydrogen-bond donors (Lipinski definition) is 1. The number of nitriles is 1. The zero-order valence-electron chi connectivity index (χ0n) is 8.81. The summed E-state index contributed by atoms with van der Waals surface area (Å²) < 4.78 is 0. The lowest BCUT2D eigenvalue weighted by molar-refractivity contribution is -0.132. The van der Waals surface area contributed by atoms with E-state index in [0.717, 1.165) is 5.57 Å². The lowest BCUT2D eigenvalue weighted by Gasteiger charge is -2.23. The van der Waals surface area contributed by atoms with Crippen molar-refractivity contribution in [1.29, 1.82) is 5.26 Å². The minimum absolute atomic E-state index is 0.186. The number of rotatable bonds is 3. The summed E-state index contributed by atoms with van der Waals surface area (Å²) in [5.41, 5.74) is 6.60. The molecule has 1 aliphatic heterocycles. The average molecular weight is 205 g/mol. The maximum atomic E-state index is 11.8. The van der Waals surface area contributed by atoms with Crippen molar-refractivity contribution in [2.24, 2.45) is 5.73 Å². The maximum absolute atomic E-state index is 11.8. The van der Waals surface area contributed by atoms with Gasteiger partial charge in [0.15, 0.2) is 0 Å². The van der Waals surface area contributed by atoms with Crippen LogP contribution in [0.25, 0.3) is 0 Å². The molecule has 1 heterocycles. The van der Waals surface area contributed by atoms with Crippen LogP contribution in [0.2, 0.25) is 0 Å². The molecule has 1 rings (SSSR count). The highest BCUT2D eigenvalue weighted by atomic mass is 16.2. The van der Waals surface area contributed by atoms with Gasteiger partial charge in [-0.15, -0.1) is 6.58 Å². The van der Waals surface area contributed by atoms with Crippen LogP contribution in [-0.4, -0.2) is 29.4 Å². The summed E-state index contributed by atoms with van der Waals surface area (Å²) in [6, 6.07) is 0.994. The molecule has 4 heteroatoms. The predicted molar refractivity (Wildman–Crippen MR) is 57.7 cm³/mol. The van der Waals surface area contributed by atoms with Gasteiger partial charge in [-0.2, -0.15) is 5.26 Å².